The summed E-state index contributed by atoms with van der Waals surface area (Å²) < 4.78 is 2.23. The third-order valence-electron chi connectivity index (χ3n) is 5.53. The van der Waals surface area contributed by atoms with E-state index in [0.29, 0.717) is 18.0 Å². The molecule has 0 aliphatic carbocycles. The van der Waals surface area contributed by atoms with Crippen molar-refractivity contribution in [3.63, 3.8) is 0 Å². The zero-order valence-electron chi connectivity index (χ0n) is 19.4. The van der Waals surface area contributed by atoms with Crippen molar-refractivity contribution in [1.82, 2.24) is 19.9 Å². The molecule has 6 heteroatoms. The maximum absolute atomic E-state index is 12.3. The molecular formula is C27H30N4OS. The maximum Gasteiger partial charge on any atom is 0.251 e. The van der Waals surface area contributed by atoms with Crippen LogP contribution in [0.15, 0.2) is 72.1 Å². The van der Waals surface area contributed by atoms with Crippen LogP contribution >= 0.6 is 11.8 Å². The zero-order valence-corrected chi connectivity index (χ0v) is 20.2. The fourth-order valence-corrected chi connectivity index (χ4v) is 4.65. The first kappa shape index (κ1) is 23.1. The van der Waals surface area contributed by atoms with Crippen molar-refractivity contribution in [2.24, 2.45) is 5.92 Å². The minimum absolute atomic E-state index is 0.0118. The van der Waals surface area contributed by atoms with E-state index in [0.717, 1.165) is 40.5 Å². The minimum atomic E-state index is -0.0118. The third kappa shape index (κ3) is 6.02. The van der Waals surface area contributed by atoms with Crippen LogP contribution in [0.5, 0.6) is 0 Å². The fraction of sp³-hybridized carbons (Fsp3) is 0.296. The fourth-order valence-electron chi connectivity index (χ4n) is 3.68. The lowest BCUT2D eigenvalue weighted by Gasteiger charge is -2.10. The van der Waals surface area contributed by atoms with Gasteiger partial charge in [-0.3, -0.25) is 9.78 Å². The number of pyridine rings is 1. The van der Waals surface area contributed by atoms with Gasteiger partial charge in [0, 0.05) is 24.1 Å². The molecule has 4 rings (SSSR count). The summed E-state index contributed by atoms with van der Waals surface area (Å²) >= 11 is 1.70. The molecule has 0 atom stereocenters. The van der Waals surface area contributed by atoms with Crippen molar-refractivity contribution in [3.05, 3.63) is 89.2 Å². The average Bonchev–Trinajstić information content (AvgIpc) is 3.15. The molecule has 2 aromatic heterocycles. The number of rotatable bonds is 9. The van der Waals surface area contributed by atoms with Crippen LogP contribution in [0.3, 0.4) is 0 Å². The number of aryl methyl sites for hydroxylation is 1. The molecule has 2 aromatic carbocycles. The lowest BCUT2D eigenvalue weighted by molar-refractivity contribution is 0.0952. The molecule has 0 unspecified atom stereocenters. The summed E-state index contributed by atoms with van der Waals surface area (Å²) in [4.78, 5) is 21.5. The van der Waals surface area contributed by atoms with Gasteiger partial charge in [-0.15, -0.1) is 0 Å². The van der Waals surface area contributed by atoms with Gasteiger partial charge in [-0.05, 0) is 48.6 Å². The first-order valence-electron chi connectivity index (χ1n) is 11.4. The summed E-state index contributed by atoms with van der Waals surface area (Å²) in [6.07, 6.45) is 4.65. The molecule has 0 fully saturated rings. The van der Waals surface area contributed by atoms with E-state index in [9.17, 15) is 4.79 Å². The summed E-state index contributed by atoms with van der Waals surface area (Å²) in [5.41, 5.74) is 6.34. The highest BCUT2D eigenvalue weighted by atomic mass is 32.2. The number of hydrogen-bond donors (Lipinski definition) is 1. The number of nitrogens with zero attached hydrogens (tertiary/aromatic N) is 3. The molecular weight excluding hydrogens is 428 g/mol. The number of fused-ring (bicyclic) bond motifs is 1. The predicted molar refractivity (Wildman–Crippen MR) is 136 cm³/mol. The Morgan fingerprint density at radius 2 is 1.91 bits per heavy atom. The number of hydrogen-bond acceptors (Lipinski definition) is 4. The van der Waals surface area contributed by atoms with Gasteiger partial charge < -0.3 is 9.88 Å². The minimum Gasteiger partial charge on any atom is -0.352 e. The Hall–Kier alpha value is -3.12. The quantitative estimate of drug-likeness (QED) is 0.319. The molecule has 33 heavy (non-hydrogen) atoms. The monoisotopic (exact) mass is 458 g/mol. The Balaban J connectivity index is 1.46. The lowest BCUT2D eigenvalue weighted by Crippen LogP contribution is -2.25. The molecule has 4 aromatic rings. The third-order valence-corrected chi connectivity index (χ3v) is 6.58. The molecule has 170 valence electrons. The van der Waals surface area contributed by atoms with Crippen LogP contribution in [0.2, 0.25) is 0 Å². The Morgan fingerprint density at radius 3 is 2.67 bits per heavy atom. The highest BCUT2D eigenvalue weighted by Crippen LogP contribution is 2.27. The standard InChI is InChI=1S/C27H30N4OS/c1-19(2)11-14-29-26(32)23-9-7-21(8-10-23)18-33-27-30-24-12-13-28-16-25(24)31(27)17-22-6-4-5-20(3)15-22/h4-10,12-13,15-16,19H,11,14,17-18H2,1-3H3,(H,29,32). The first-order chi connectivity index (χ1) is 16.0. The van der Waals surface area contributed by atoms with Crippen molar-refractivity contribution in [3.8, 4) is 0 Å². The number of imidazole rings is 1. The number of aromatic nitrogens is 3. The van der Waals surface area contributed by atoms with Crippen LogP contribution in [0.1, 0.15) is 47.3 Å². The van der Waals surface area contributed by atoms with Gasteiger partial charge in [-0.2, -0.15) is 0 Å². The molecule has 5 nitrogen and oxygen atoms in total. The van der Waals surface area contributed by atoms with E-state index in [2.05, 4.69) is 59.9 Å². The Kier molecular flexibility index (Phi) is 7.45. The van der Waals surface area contributed by atoms with Gasteiger partial charge in [0.2, 0.25) is 0 Å². The summed E-state index contributed by atoms with van der Waals surface area (Å²) in [7, 11) is 0. The van der Waals surface area contributed by atoms with E-state index < -0.39 is 0 Å². The number of amides is 1. The van der Waals surface area contributed by atoms with Crippen LogP contribution in [-0.2, 0) is 12.3 Å². The molecule has 0 aliphatic rings. The van der Waals surface area contributed by atoms with Crippen molar-refractivity contribution >= 4 is 28.7 Å². The summed E-state index contributed by atoms with van der Waals surface area (Å²) in [6.45, 7) is 7.89. The van der Waals surface area contributed by atoms with Crippen LogP contribution in [-0.4, -0.2) is 27.0 Å². The predicted octanol–water partition coefficient (Wildman–Crippen LogP) is 5.86. The summed E-state index contributed by atoms with van der Waals surface area (Å²) in [5, 5.41) is 3.96. The van der Waals surface area contributed by atoms with Gasteiger partial charge in [0.15, 0.2) is 5.16 Å². The normalized spacial score (nSPS) is 11.3. The van der Waals surface area contributed by atoms with E-state index in [4.69, 9.17) is 4.98 Å². The van der Waals surface area contributed by atoms with Crippen LogP contribution in [0.25, 0.3) is 11.0 Å². The highest BCUT2D eigenvalue weighted by molar-refractivity contribution is 7.98. The molecule has 0 radical (unpaired) electrons. The summed E-state index contributed by atoms with van der Waals surface area (Å²) in [5.74, 6) is 1.35. The van der Waals surface area contributed by atoms with Crippen molar-refractivity contribution < 1.29 is 4.79 Å². The van der Waals surface area contributed by atoms with Crippen LogP contribution in [0.4, 0.5) is 0 Å². The van der Waals surface area contributed by atoms with E-state index >= 15 is 0 Å². The van der Waals surface area contributed by atoms with E-state index in [1.54, 1.807) is 18.0 Å². The Morgan fingerprint density at radius 1 is 1.09 bits per heavy atom. The second-order valence-electron chi connectivity index (χ2n) is 8.76. The molecule has 1 N–H and O–H groups in total. The first-order valence-corrected chi connectivity index (χ1v) is 12.3. The Labute approximate surface area is 199 Å². The molecule has 0 saturated carbocycles. The van der Waals surface area contributed by atoms with E-state index in [1.807, 2.05) is 36.5 Å². The van der Waals surface area contributed by atoms with E-state index in [1.165, 1.54) is 11.1 Å². The number of thioether (sulfide) groups is 1. The average molecular weight is 459 g/mol. The van der Waals surface area contributed by atoms with Crippen molar-refractivity contribution in [2.45, 2.75) is 44.6 Å². The van der Waals surface area contributed by atoms with E-state index in [-0.39, 0.29) is 5.91 Å². The molecule has 2 heterocycles. The lowest BCUT2D eigenvalue weighted by atomic mass is 10.1. The van der Waals surface area contributed by atoms with Gasteiger partial charge in [-0.25, -0.2) is 4.98 Å². The van der Waals surface area contributed by atoms with Gasteiger partial charge in [0.05, 0.1) is 23.8 Å². The second kappa shape index (κ2) is 10.7. The molecule has 0 spiro atoms. The van der Waals surface area contributed by atoms with Crippen molar-refractivity contribution in [1.29, 1.82) is 0 Å². The van der Waals surface area contributed by atoms with Crippen LogP contribution in [0, 0.1) is 12.8 Å². The zero-order chi connectivity index (χ0) is 23.2. The van der Waals surface area contributed by atoms with Gasteiger partial charge in [0.1, 0.15) is 0 Å². The van der Waals surface area contributed by atoms with Crippen molar-refractivity contribution in [2.75, 3.05) is 6.54 Å². The topological polar surface area (TPSA) is 59.8 Å². The smallest absolute Gasteiger partial charge is 0.251 e. The molecule has 1 amide bonds. The van der Waals surface area contributed by atoms with Crippen LogP contribution < -0.4 is 5.32 Å². The number of benzene rings is 2. The number of nitrogens with one attached hydrogen (secondary N) is 1. The largest absolute Gasteiger partial charge is 0.352 e. The molecule has 0 aliphatic heterocycles. The maximum atomic E-state index is 12.3. The number of carbonyl (C=O) groups excluding carboxylic acids is 1. The van der Waals surface area contributed by atoms with Gasteiger partial charge in [0.25, 0.3) is 5.91 Å². The molecule has 0 bridgehead atoms. The SMILES string of the molecule is Cc1cccc(Cn2c(SCc3ccc(C(=O)NCCC(C)C)cc3)nc3ccncc32)c1. The molecule has 0 saturated heterocycles. The summed E-state index contributed by atoms with van der Waals surface area (Å²) in [6, 6.07) is 18.4. The highest BCUT2D eigenvalue weighted by Gasteiger charge is 2.13. The van der Waals surface area contributed by atoms with Gasteiger partial charge in [-0.1, -0.05) is 67.6 Å². The Bertz CT molecular complexity index is 1230. The number of carbonyl (C=O) groups is 1. The second-order valence-corrected chi connectivity index (χ2v) is 9.70. The van der Waals surface area contributed by atoms with Gasteiger partial charge >= 0.3 is 0 Å².